The van der Waals surface area contributed by atoms with Crippen molar-refractivity contribution in [3.63, 3.8) is 0 Å². The number of piperidine rings is 2. The highest BCUT2D eigenvalue weighted by atomic mass is 15.2. The van der Waals surface area contributed by atoms with Crippen LogP contribution in [0, 0.1) is 5.92 Å². The minimum atomic E-state index is 0.744. The van der Waals surface area contributed by atoms with Crippen LogP contribution in [0.1, 0.15) is 32.6 Å². The van der Waals surface area contributed by atoms with Gasteiger partial charge in [-0.15, -0.1) is 0 Å². The van der Waals surface area contributed by atoms with E-state index in [4.69, 9.17) is 0 Å². The lowest BCUT2D eigenvalue weighted by Crippen LogP contribution is -2.56. The van der Waals surface area contributed by atoms with Crippen LogP contribution in [-0.4, -0.2) is 62.2 Å². The predicted molar refractivity (Wildman–Crippen MR) is 73.3 cm³/mol. The van der Waals surface area contributed by atoms with Gasteiger partial charge in [0, 0.05) is 25.2 Å². The zero-order valence-electron chi connectivity index (χ0n) is 11.8. The van der Waals surface area contributed by atoms with Gasteiger partial charge in [-0.2, -0.15) is 0 Å². The Hall–Kier alpha value is -0.120. The third kappa shape index (κ3) is 3.01. The van der Waals surface area contributed by atoms with Crippen LogP contribution in [-0.2, 0) is 0 Å². The van der Waals surface area contributed by atoms with Crippen molar-refractivity contribution in [2.24, 2.45) is 5.92 Å². The Kier molecular flexibility index (Phi) is 4.83. The molecule has 3 heteroatoms. The maximum absolute atomic E-state index is 3.34. The summed E-state index contributed by atoms with van der Waals surface area (Å²) in [6.45, 7) is 7.40. The van der Waals surface area contributed by atoms with E-state index in [0.29, 0.717) is 0 Å². The number of hydrogen-bond acceptors (Lipinski definition) is 3. The first-order chi connectivity index (χ1) is 8.26. The van der Waals surface area contributed by atoms with E-state index in [1.54, 1.807) is 0 Å². The van der Waals surface area contributed by atoms with Gasteiger partial charge < -0.3 is 10.2 Å². The van der Waals surface area contributed by atoms with Crippen LogP contribution in [0.3, 0.4) is 0 Å². The molecule has 1 N–H and O–H groups in total. The number of likely N-dealkylation sites (tertiary alicyclic amines) is 2. The molecule has 2 saturated heterocycles. The van der Waals surface area contributed by atoms with Crippen molar-refractivity contribution in [2.75, 3.05) is 40.3 Å². The van der Waals surface area contributed by atoms with E-state index in [0.717, 1.165) is 24.5 Å². The van der Waals surface area contributed by atoms with E-state index in [-0.39, 0.29) is 0 Å². The fraction of sp³-hybridized carbons (Fsp3) is 1.00. The summed E-state index contributed by atoms with van der Waals surface area (Å²) in [6, 6.07) is 1.61. The molecular weight excluding hydrogens is 210 g/mol. The van der Waals surface area contributed by atoms with Crippen LogP contribution in [0.15, 0.2) is 0 Å². The maximum Gasteiger partial charge on any atom is 0.0218 e. The van der Waals surface area contributed by atoms with E-state index >= 15 is 0 Å². The highest BCUT2D eigenvalue weighted by Gasteiger charge is 2.35. The molecule has 3 unspecified atom stereocenters. The Labute approximate surface area is 107 Å². The van der Waals surface area contributed by atoms with Crippen molar-refractivity contribution in [3.05, 3.63) is 0 Å². The van der Waals surface area contributed by atoms with Gasteiger partial charge in [-0.1, -0.05) is 6.92 Å². The van der Waals surface area contributed by atoms with Gasteiger partial charge >= 0.3 is 0 Å². The summed E-state index contributed by atoms with van der Waals surface area (Å²) in [5.74, 6) is 0.924. The second-order valence-corrected chi connectivity index (χ2v) is 5.85. The van der Waals surface area contributed by atoms with Gasteiger partial charge in [-0.25, -0.2) is 0 Å². The standard InChI is InChI=1S/C14H29N3/c1-4-13(10-15-2)17-9-7-14-12(11-17)6-5-8-16(14)3/h12-15H,4-11H2,1-3H3. The lowest BCUT2D eigenvalue weighted by molar-refractivity contribution is 0.0196. The second-order valence-electron chi connectivity index (χ2n) is 5.85. The van der Waals surface area contributed by atoms with Crippen LogP contribution >= 0.6 is 0 Å². The molecular formula is C14H29N3. The van der Waals surface area contributed by atoms with Crippen molar-refractivity contribution >= 4 is 0 Å². The van der Waals surface area contributed by atoms with Gasteiger partial charge in [0.1, 0.15) is 0 Å². The van der Waals surface area contributed by atoms with Gasteiger partial charge in [0.2, 0.25) is 0 Å². The summed E-state index contributed by atoms with van der Waals surface area (Å²) in [5, 5.41) is 3.34. The first-order valence-corrected chi connectivity index (χ1v) is 7.35. The fourth-order valence-electron chi connectivity index (χ4n) is 3.78. The van der Waals surface area contributed by atoms with Crippen molar-refractivity contribution in [3.8, 4) is 0 Å². The summed E-state index contributed by atoms with van der Waals surface area (Å²) in [7, 11) is 4.39. The number of nitrogens with zero attached hydrogens (tertiary/aromatic N) is 2. The fourth-order valence-corrected chi connectivity index (χ4v) is 3.78. The molecule has 0 aromatic rings. The Bertz CT molecular complexity index is 232. The molecule has 100 valence electrons. The van der Waals surface area contributed by atoms with Crippen LogP contribution in [0.4, 0.5) is 0 Å². The van der Waals surface area contributed by atoms with Crippen molar-refractivity contribution in [1.29, 1.82) is 0 Å². The summed E-state index contributed by atoms with van der Waals surface area (Å²) < 4.78 is 0. The molecule has 2 aliphatic rings. The average Bonchev–Trinajstić information content (AvgIpc) is 2.36. The molecule has 3 nitrogen and oxygen atoms in total. The van der Waals surface area contributed by atoms with Crippen molar-refractivity contribution < 1.29 is 0 Å². The minimum Gasteiger partial charge on any atom is -0.318 e. The number of rotatable bonds is 4. The molecule has 2 heterocycles. The smallest absolute Gasteiger partial charge is 0.0218 e. The highest BCUT2D eigenvalue weighted by molar-refractivity contribution is 4.91. The van der Waals surface area contributed by atoms with E-state index in [1.807, 2.05) is 0 Å². The molecule has 0 spiro atoms. The Morgan fingerprint density at radius 2 is 2.12 bits per heavy atom. The van der Waals surface area contributed by atoms with Crippen molar-refractivity contribution in [2.45, 2.75) is 44.7 Å². The molecule has 0 saturated carbocycles. The van der Waals surface area contributed by atoms with Crippen LogP contribution < -0.4 is 5.32 Å². The number of hydrogen-bond donors (Lipinski definition) is 1. The van der Waals surface area contributed by atoms with Crippen LogP contribution in [0.5, 0.6) is 0 Å². The normalized spacial score (nSPS) is 33.4. The lowest BCUT2D eigenvalue weighted by Gasteiger charge is -2.48. The first kappa shape index (κ1) is 13.3. The lowest BCUT2D eigenvalue weighted by atomic mass is 9.83. The molecule has 0 aromatic carbocycles. The van der Waals surface area contributed by atoms with E-state index in [2.05, 4.69) is 36.1 Å². The molecule has 3 atom stereocenters. The van der Waals surface area contributed by atoms with Crippen LogP contribution in [0.25, 0.3) is 0 Å². The second kappa shape index (κ2) is 6.17. The Balaban J connectivity index is 1.92. The topological polar surface area (TPSA) is 18.5 Å². The molecule has 0 bridgehead atoms. The van der Waals surface area contributed by atoms with E-state index in [9.17, 15) is 0 Å². The van der Waals surface area contributed by atoms with Gasteiger partial charge in [-0.05, 0) is 58.8 Å². The van der Waals surface area contributed by atoms with E-state index in [1.165, 1.54) is 45.3 Å². The summed E-state index contributed by atoms with van der Waals surface area (Å²) in [5.41, 5.74) is 0. The third-order valence-electron chi connectivity index (χ3n) is 4.80. The number of likely N-dealkylation sites (N-methyl/N-ethyl adjacent to an activating group) is 1. The molecule has 0 aliphatic carbocycles. The SMILES string of the molecule is CCC(CNC)N1CCC2C(CCCN2C)C1. The predicted octanol–water partition coefficient (Wildman–Crippen LogP) is 1.40. The Morgan fingerprint density at radius 1 is 1.29 bits per heavy atom. The Morgan fingerprint density at radius 3 is 2.82 bits per heavy atom. The molecule has 17 heavy (non-hydrogen) atoms. The molecule has 0 aromatic heterocycles. The number of nitrogens with one attached hydrogen (secondary N) is 1. The summed E-state index contributed by atoms with van der Waals surface area (Å²) in [6.07, 6.45) is 5.49. The summed E-state index contributed by atoms with van der Waals surface area (Å²) >= 11 is 0. The van der Waals surface area contributed by atoms with Crippen molar-refractivity contribution in [1.82, 2.24) is 15.1 Å². The van der Waals surface area contributed by atoms with Gasteiger partial charge in [0.05, 0.1) is 0 Å². The molecule has 2 fully saturated rings. The van der Waals surface area contributed by atoms with Gasteiger partial charge in [0.25, 0.3) is 0 Å². The van der Waals surface area contributed by atoms with E-state index < -0.39 is 0 Å². The quantitative estimate of drug-likeness (QED) is 0.800. The minimum absolute atomic E-state index is 0.744. The highest BCUT2D eigenvalue weighted by Crippen LogP contribution is 2.30. The van der Waals surface area contributed by atoms with Crippen LogP contribution in [0.2, 0.25) is 0 Å². The largest absolute Gasteiger partial charge is 0.318 e. The average molecular weight is 239 g/mol. The summed E-state index contributed by atoms with van der Waals surface area (Å²) in [4.78, 5) is 5.33. The first-order valence-electron chi connectivity index (χ1n) is 7.35. The molecule has 0 radical (unpaired) electrons. The maximum atomic E-state index is 3.34. The van der Waals surface area contributed by atoms with Gasteiger partial charge in [-0.3, -0.25) is 4.90 Å². The van der Waals surface area contributed by atoms with Gasteiger partial charge in [0.15, 0.2) is 0 Å². The molecule has 2 aliphatic heterocycles. The number of fused-ring (bicyclic) bond motifs is 1. The molecule has 0 amide bonds. The molecule has 2 rings (SSSR count). The third-order valence-corrected chi connectivity index (χ3v) is 4.80. The zero-order valence-corrected chi connectivity index (χ0v) is 11.8. The monoisotopic (exact) mass is 239 g/mol. The zero-order chi connectivity index (χ0) is 12.3.